The fraction of sp³-hybridized carbons (Fsp3) is 0.0938. The molecular weight excluding hydrogens is 443 g/mol. The normalized spacial score (nSPS) is 17.7. The van der Waals surface area contributed by atoms with Crippen LogP contribution in [0, 0.1) is 13.8 Å². The summed E-state index contributed by atoms with van der Waals surface area (Å²) < 4.78 is 0. The van der Waals surface area contributed by atoms with Crippen molar-refractivity contribution in [2.45, 2.75) is 19.9 Å². The first-order valence-electron chi connectivity index (χ1n) is 12.1. The van der Waals surface area contributed by atoms with E-state index in [9.17, 15) is 0 Å². The Hall–Kier alpha value is -3.74. The van der Waals surface area contributed by atoms with Gasteiger partial charge in [0, 0.05) is 16.5 Å². The predicted octanol–water partition coefficient (Wildman–Crippen LogP) is 6.60. The van der Waals surface area contributed by atoms with Gasteiger partial charge >= 0.3 is 0 Å². The number of benzene rings is 4. The van der Waals surface area contributed by atoms with Crippen LogP contribution in [-0.2, 0) is 0 Å². The van der Waals surface area contributed by atoms with Crippen LogP contribution in [0.3, 0.4) is 0 Å². The lowest BCUT2D eigenvalue weighted by Gasteiger charge is -2.29. The third-order valence-electron chi connectivity index (χ3n) is 7.12. The van der Waals surface area contributed by atoms with Gasteiger partial charge in [-0.15, -0.1) is 0 Å². The molecule has 4 aromatic carbocycles. The molecule has 0 radical (unpaired) electrons. The Labute approximate surface area is 207 Å². The van der Waals surface area contributed by atoms with Gasteiger partial charge in [0.25, 0.3) is 0 Å². The van der Waals surface area contributed by atoms with Crippen molar-refractivity contribution < 1.29 is 0 Å². The molecule has 0 bridgehead atoms. The van der Waals surface area contributed by atoms with Crippen molar-refractivity contribution in [3.8, 4) is 0 Å². The summed E-state index contributed by atoms with van der Waals surface area (Å²) in [5, 5.41) is 10.5. The predicted molar refractivity (Wildman–Crippen MR) is 151 cm³/mol. The van der Waals surface area contributed by atoms with Crippen molar-refractivity contribution in [3.63, 3.8) is 0 Å². The molecule has 168 valence electrons. The molecule has 4 aromatic rings. The molecule has 3 heteroatoms. The molecule has 35 heavy (non-hydrogen) atoms. The highest BCUT2D eigenvalue weighted by molar-refractivity contribution is 7.77. The minimum atomic E-state index is -0.671. The van der Waals surface area contributed by atoms with E-state index in [0.717, 1.165) is 17.1 Å². The highest BCUT2D eigenvalue weighted by atomic mass is 31.1. The molecular formula is C32H25N2P. The van der Waals surface area contributed by atoms with Crippen LogP contribution in [0.1, 0.15) is 22.3 Å². The zero-order valence-electron chi connectivity index (χ0n) is 19.8. The number of fused-ring (bicyclic) bond motifs is 3. The van der Waals surface area contributed by atoms with Gasteiger partial charge in [-0.05, 0) is 49.2 Å². The lowest BCUT2D eigenvalue weighted by atomic mass is 10.0. The van der Waals surface area contributed by atoms with Crippen LogP contribution in [-0.4, -0.2) is 11.8 Å². The molecule has 1 heterocycles. The van der Waals surface area contributed by atoms with E-state index < -0.39 is 7.92 Å². The van der Waals surface area contributed by atoms with Crippen molar-refractivity contribution >= 4 is 46.4 Å². The summed E-state index contributed by atoms with van der Waals surface area (Å²) in [4.78, 5) is 5.27. The number of allylic oxidation sites excluding steroid dienone is 2. The highest BCUT2D eigenvalue weighted by Crippen LogP contribution is 2.47. The van der Waals surface area contributed by atoms with E-state index in [1.165, 1.54) is 48.9 Å². The maximum atomic E-state index is 5.27. The van der Waals surface area contributed by atoms with E-state index in [1.54, 1.807) is 0 Å². The third-order valence-corrected chi connectivity index (χ3v) is 9.55. The van der Waals surface area contributed by atoms with Gasteiger partial charge in [0.15, 0.2) is 0 Å². The van der Waals surface area contributed by atoms with Crippen molar-refractivity contribution in [2.24, 2.45) is 4.99 Å². The maximum absolute atomic E-state index is 5.27. The average Bonchev–Trinajstić information content (AvgIpc) is 3.20. The zero-order valence-corrected chi connectivity index (χ0v) is 20.7. The Kier molecular flexibility index (Phi) is 4.65. The van der Waals surface area contributed by atoms with Gasteiger partial charge < -0.3 is 5.32 Å². The molecule has 7 rings (SSSR count). The molecule has 0 aromatic heterocycles. The van der Waals surface area contributed by atoms with E-state index in [-0.39, 0.29) is 6.04 Å². The first kappa shape index (κ1) is 20.6. The smallest absolute Gasteiger partial charge is 0.0950 e. The molecule has 0 saturated heterocycles. The van der Waals surface area contributed by atoms with Gasteiger partial charge in [-0.1, -0.05) is 108 Å². The molecule has 0 fully saturated rings. The Morgan fingerprint density at radius 3 is 2.03 bits per heavy atom. The minimum Gasteiger partial charge on any atom is -0.371 e. The van der Waals surface area contributed by atoms with E-state index >= 15 is 0 Å². The number of aryl methyl sites for hydroxylation is 2. The fourth-order valence-corrected chi connectivity index (χ4v) is 7.62. The van der Waals surface area contributed by atoms with Gasteiger partial charge in [-0.2, -0.15) is 0 Å². The summed E-state index contributed by atoms with van der Waals surface area (Å²) in [7, 11) is -0.671. The second kappa shape index (κ2) is 7.90. The SMILES string of the molecule is Cc1ccc(P(C2=CC3=NC4=C(NC3C=C2)c2cccc3cccc4c23)c2ccc(C)cc2)cc1. The van der Waals surface area contributed by atoms with Gasteiger partial charge in [0.2, 0.25) is 0 Å². The topological polar surface area (TPSA) is 24.4 Å². The molecule has 3 aliphatic rings. The fourth-order valence-electron chi connectivity index (χ4n) is 5.34. The monoisotopic (exact) mass is 468 g/mol. The largest absolute Gasteiger partial charge is 0.371 e. The van der Waals surface area contributed by atoms with Crippen LogP contribution in [0.5, 0.6) is 0 Å². The van der Waals surface area contributed by atoms with Crippen molar-refractivity contribution in [2.75, 3.05) is 0 Å². The van der Waals surface area contributed by atoms with Crippen molar-refractivity contribution in [3.05, 3.63) is 131 Å². The van der Waals surface area contributed by atoms with E-state index in [0.29, 0.717) is 0 Å². The number of nitrogens with zero attached hydrogens (tertiary/aromatic N) is 1. The Morgan fingerprint density at radius 2 is 1.37 bits per heavy atom. The summed E-state index contributed by atoms with van der Waals surface area (Å²) in [5.41, 5.74) is 8.40. The van der Waals surface area contributed by atoms with Crippen LogP contribution < -0.4 is 15.9 Å². The lowest BCUT2D eigenvalue weighted by Crippen LogP contribution is -2.37. The standard InChI is InChI=1S/C32H25N2P/c1-20-9-13-23(14-10-20)35(24-15-11-21(2)12-16-24)25-17-18-28-29(19-25)34-32-27-8-4-6-22-5-3-7-26(30(22)27)31(32)33-28/h3-19,28,33H,1-2H3. The van der Waals surface area contributed by atoms with Gasteiger partial charge in [0.05, 0.1) is 23.1 Å². The Balaban J connectivity index is 1.35. The third kappa shape index (κ3) is 3.32. The molecule has 0 amide bonds. The zero-order chi connectivity index (χ0) is 23.5. The second-order valence-corrected chi connectivity index (χ2v) is 11.7. The maximum Gasteiger partial charge on any atom is 0.0950 e. The minimum absolute atomic E-state index is 0.0925. The van der Waals surface area contributed by atoms with Crippen LogP contribution in [0.25, 0.3) is 22.2 Å². The molecule has 1 atom stereocenters. The summed E-state index contributed by atoms with van der Waals surface area (Å²) in [6.07, 6.45) is 6.94. The first-order valence-corrected chi connectivity index (χ1v) is 13.5. The number of nitrogens with one attached hydrogen (secondary N) is 1. The number of hydrogen-bond donors (Lipinski definition) is 1. The summed E-state index contributed by atoms with van der Waals surface area (Å²) >= 11 is 0. The van der Waals surface area contributed by atoms with Crippen LogP contribution >= 0.6 is 7.92 Å². The van der Waals surface area contributed by atoms with Crippen LogP contribution in [0.2, 0.25) is 0 Å². The molecule has 1 unspecified atom stereocenters. The summed E-state index contributed by atoms with van der Waals surface area (Å²) in [5.74, 6) is 0. The Bertz CT molecular complexity index is 1570. The quantitative estimate of drug-likeness (QED) is 0.337. The molecule has 1 N–H and O–H groups in total. The molecule has 0 spiro atoms. The summed E-state index contributed by atoms with van der Waals surface area (Å²) in [6.45, 7) is 4.30. The molecule has 1 aliphatic heterocycles. The van der Waals surface area contributed by atoms with Crippen molar-refractivity contribution in [1.29, 1.82) is 0 Å². The van der Waals surface area contributed by atoms with Crippen molar-refractivity contribution in [1.82, 2.24) is 5.32 Å². The summed E-state index contributed by atoms with van der Waals surface area (Å²) in [6, 6.07) is 31.2. The second-order valence-electron chi connectivity index (χ2n) is 9.53. The van der Waals surface area contributed by atoms with Gasteiger partial charge in [0.1, 0.15) is 0 Å². The van der Waals surface area contributed by atoms with Crippen LogP contribution in [0.4, 0.5) is 0 Å². The first-order chi connectivity index (χ1) is 17.2. The average molecular weight is 469 g/mol. The van der Waals surface area contributed by atoms with Gasteiger partial charge in [-0.25, -0.2) is 4.99 Å². The van der Waals surface area contributed by atoms with Crippen LogP contribution in [0.15, 0.2) is 113 Å². The number of rotatable bonds is 3. The number of hydrogen-bond acceptors (Lipinski definition) is 2. The number of aliphatic imine (C=N–C) groups is 1. The lowest BCUT2D eigenvalue weighted by molar-refractivity contribution is 0.886. The molecule has 2 nitrogen and oxygen atoms in total. The highest BCUT2D eigenvalue weighted by Gasteiger charge is 2.32. The van der Waals surface area contributed by atoms with E-state index in [4.69, 9.17) is 4.99 Å². The molecule has 2 aliphatic carbocycles. The van der Waals surface area contributed by atoms with Gasteiger partial charge in [-0.3, -0.25) is 0 Å². The van der Waals surface area contributed by atoms with E-state index in [2.05, 4.69) is 122 Å². The van der Waals surface area contributed by atoms with E-state index in [1.807, 2.05) is 0 Å². The Morgan fingerprint density at radius 1 is 0.743 bits per heavy atom. The molecule has 0 saturated carbocycles.